The van der Waals surface area contributed by atoms with E-state index in [1.165, 1.54) is 5.57 Å². The summed E-state index contributed by atoms with van der Waals surface area (Å²) in [5.74, 6) is 0.512. The molecule has 0 bridgehead atoms. The van der Waals surface area contributed by atoms with Crippen molar-refractivity contribution in [3.05, 3.63) is 11.6 Å². The quantitative estimate of drug-likeness (QED) is 0.477. The van der Waals surface area contributed by atoms with Crippen LogP contribution in [0.4, 0.5) is 0 Å². The first-order valence-corrected chi connectivity index (χ1v) is 4.31. The van der Waals surface area contributed by atoms with Crippen LogP contribution in [-0.4, -0.2) is 24.4 Å². The molecule has 0 aromatic carbocycles. The molecular formula is C9H14O2. The van der Waals surface area contributed by atoms with E-state index >= 15 is 0 Å². The Hall–Kier alpha value is -0.340. The molecule has 1 fully saturated rings. The Morgan fingerprint density at radius 1 is 1.64 bits per heavy atom. The Kier molecular flexibility index (Phi) is 1.96. The van der Waals surface area contributed by atoms with Crippen LogP contribution in [0.5, 0.6) is 0 Å². The standard InChI is InChI=1S/C9H14O2/c10-5-7-1-3-8(4-2-7)9-6-11-9/h3,7,9-10H,1-2,4-6H2. The number of ether oxygens (including phenoxy) is 1. The van der Waals surface area contributed by atoms with Gasteiger partial charge >= 0.3 is 0 Å². The maximum absolute atomic E-state index is 8.87. The maximum Gasteiger partial charge on any atom is 0.102 e. The van der Waals surface area contributed by atoms with Gasteiger partial charge in [-0.15, -0.1) is 0 Å². The Morgan fingerprint density at radius 2 is 2.45 bits per heavy atom. The first-order valence-electron chi connectivity index (χ1n) is 4.31. The van der Waals surface area contributed by atoms with Crippen molar-refractivity contribution in [2.75, 3.05) is 13.2 Å². The molecule has 1 heterocycles. The van der Waals surface area contributed by atoms with Crippen molar-refractivity contribution in [1.82, 2.24) is 0 Å². The van der Waals surface area contributed by atoms with Crippen LogP contribution in [0.25, 0.3) is 0 Å². The number of rotatable bonds is 2. The molecule has 2 nitrogen and oxygen atoms in total. The van der Waals surface area contributed by atoms with Gasteiger partial charge in [0.1, 0.15) is 6.10 Å². The number of epoxide rings is 1. The molecule has 0 radical (unpaired) electrons. The summed E-state index contributed by atoms with van der Waals surface area (Å²) in [6.45, 7) is 1.27. The van der Waals surface area contributed by atoms with Crippen molar-refractivity contribution in [3.63, 3.8) is 0 Å². The van der Waals surface area contributed by atoms with Gasteiger partial charge in [0.2, 0.25) is 0 Å². The molecule has 0 amide bonds. The molecule has 0 aromatic heterocycles. The van der Waals surface area contributed by atoms with E-state index in [9.17, 15) is 0 Å². The topological polar surface area (TPSA) is 32.8 Å². The van der Waals surface area contributed by atoms with Gasteiger partial charge in [0.15, 0.2) is 0 Å². The van der Waals surface area contributed by atoms with Crippen molar-refractivity contribution >= 4 is 0 Å². The average molecular weight is 154 g/mol. The van der Waals surface area contributed by atoms with Crippen LogP contribution in [0.3, 0.4) is 0 Å². The van der Waals surface area contributed by atoms with Gasteiger partial charge in [-0.05, 0) is 30.8 Å². The zero-order valence-electron chi connectivity index (χ0n) is 6.62. The molecule has 1 aliphatic heterocycles. The third kappa shape index (κ3) is 1.63. The molecule has 2 rings (SSSR count). The van der Waals surface area contributed by atoms with Crippen molar-refractivity contribution in [2.45, 2.75) is 25.4 Å². The number of hydrogen-bond donors (Lipinski definition) is 1. The molecule has 0 spiro atoms. The molecule has 2 aliphatic rings. The third-order valence-corrected chi connectivity index (χ3v) is 2.56. The van der Waals surface area contributed by atoms with Crippen LogP contribution in [0, 0.1) is 5.92 Å². The maximum atomic E-state index is 8.87. The van der Waals surface area contributed by atoms with Crippen LogP contribution < -0.4 is 0 Å². The van der Waals surface area contributed by atoms with Gasteiger partial charge in [-0.2, -0.15) is 0 Å². The molecule has 0 saturated carbocycles. The Balaban J connectivity index is 1.89. The van der Waals surface area contributed by atoms with E-state index in [1.54, 1.807) is 0 Å². The smallest absolute Gasteiger partial charge is 0.102 e. The lowest BCUT2D eigenvalue weighted by Crippen LogP contribution is -2.11. The second-order valence-electron chi connectivity index (χ2n) is 3.42. The lowest BCUT2D eigenvalue weighted by atomic mass is 9.89. The van der Waals surface area contributed by atoms with Gasteiger partial charge in [0.25, 0.3) is 0 Å². The van der Waals surface area contributed by atoms with E-state index in [-0.39, 0.29) is 0 Å². The summed E-state index contributed by atoms with van der Waals surface area (Å²) in [5, 5.41) is 8.87. The first-order chi connectivity index (χ1) is 5.40. The van der Waals surface area contributed by atoms with Gasteiger partial charge in [-0.25, -0.2) is 0 Å². The van der Waals surface area contributed by atoms with E-state index in [1.807, 2.05) is 0 Å². The predicted molar refractivity (Wildman–Crippen MR) is 42.2 cm³/mol. The van der Waals surface area contributed by atoms with Crippen molar-refractivity contribution < 1.29 is 9.84 Å². The molecule has 2 heteroatoms. The molecule has 1 saturated heterocycles. The van der Waals surface area contributed by atoms with E-state index in [0.717, 1.165) is 25.9 Å². The SMILES string of the molecule is OCC1CC=C(C2CO2)CC1. The Morgan fingerprint density at radius 3 is 2.91 bits per heavy atom. The van der Waals surface area contributed by atoms with Crippen LogP contribution in [0.15, 0.2) is 11.6 Å². The highest BCUT2D eigenvalue weighted by Crippen LogP contribution is 2.30. The summed E-state index contributed by atoms with van der Waals surface area (Å²) >= 11 is 0. The van der Waals surface area contributed by atoms with Crippen LogP contribution in [0.2, 0.25) is 0 Å². The van der Waals surface area contributed by atoms with E-state index in [4.69, 9.17) is 9.84 Å². The lowest BCUT2D eigenvalue weighted by molar-refractivity contribution is 0.214. The summed E-state index contributed by atoms with van der Waals surface area (Å²) in [6, 6.07) is 0. The minimum absolute atomic E-state index is 0.343. The van der Waals surface area contributed by atoms with Crippen LogP contribution in [-0.2, 0) is 4.74 Å². The highest BCUT2D eigenvalue weighted by molar-refractivity contribution is 5.15. The molecule has 1 aliphatic carbocycles. The van der Waals surface area contributed by atoms with Gasteiger partial charge in [0.05, 0.1) is 6.61 Å². The van der Waals surface area contributed by atoms with Gasteiger partial charge in [-0.3, -0.25) is 0 Å². The number of hydrogen-bond acceptors (Lipinski definition) is 2. The first kappa shape index (κ1) is 7.32. The zero-order chi connectivity index (χ0) is 7.68. The number of aliphatic hydroxyl groups excluding tert-OH is 1. The second-order valence-corrected chi connectivity index (χ2v) is 3.42. The minimum Gasteiger partial charge on any atom is -0.396 e. The van der Waals surface area contributed by atoms with Crippen molar-refractivity contribution in [2.24, 2.45) is 5.92 Å². The highest BCUT2D eigenvalue weighted by atomic mass is 16.6. The summed E-state index contributed by atoms with van der Waals surface area (Å²) in [6.07, 6.45) is 6.03. The average Bonchev–Trinajstić information content (AvgIpc) is 2.87. The van der Waals surface area contributed by atoms with Crippen LogP contribution >= 0.6 is 0 Å². The third-order valence-electron chi connectivity index (χ3n) is 2.56. The van der Waals surface area contributed by atoms with E-state index < -0.39 is 0 Å². The Labute approximate surface area is 66.9 Å². The van der Waals surface area contributed by atoms with E-state index in [2.05, 4.69) is 6.08 Å². The van der Waals surface area contributed by atoms with E-state index in [0.29, 0.717) is 18.6 Å². The fourth-order valence-electron chi connectivity index (χ4n) is 1.63. The zero-order valence-corrected chi connectivity index (χ0v) is 6.62. The largest absolute Gasteiger partial charge is 0.396 e. The molecule has 0 aromatic rings. The molecule has 2 atom stereocenters. The monoisotopic (exact) mass is 154 g/mol. The fraction of sp³-hybridized carbons (Fsp3) is 0.778. The summed E-state index contributed by atoms with van der Waals surface area (Å²) in [4.78, 5) is 0. The fourth-order valence-corrected chi connectivity index (χ4v) is 1.63. The summed E-state index contributed by atoms with van der Waals surface area (Å²) in [5.41, 5.74) is 1.47. The van der Waals surface area contributed by atoms with Gasteiger partial charge in [-0.1, -0.05) is 6.08 Å². The van der Waals surface area contributed by atoms with Gasteiger partial charge < -0.3 is 9.84 Å². The van der Waals surface area contributed by atoms with Crippen molar-refractivity contribution in [3.8, 4) is 0 Å². The predicted octanol–water partition coefficient (Wildman–Crippen LogP) is 1.10. The summed E-state index contributed by atoms with van der Waals surface area (Å²) in [7, 11) is 0. The normalized spacial score (nSPS) is 36.6. The highest BCUT2D eigenvalue weighted by Gasteiger charge is 2.29. The molecule has 1 N–H and O–H groups in total. The van der Waals surface area contributed by atoms with Gasteiger partial charge in [0, 0.05) is 6.61 Å². The molecule has 11 heavy (non-hydrogen) atoms. The lowest BCUT2D eigenvalue weighted by Gasteiger charge is -2.18. The minimum atomic E-state index is 0.343. The molecule has 2 unspecified atom stereocenters. The molecule has 62 valence electrons. The molecular weight excluding hydrogens is 140 g/mol. The second kappa shape index (κ2) is 2.95. The van der Waals surface area contributed by atoms with Crippen LogP contribution in [0.1, 0.15) is 19.3 Å². The van der Waals surface area contributed by atoms with Crippen molar-refractivity contribution in [1.29, 1.82) is 0 Å². The number of aliphatic hydroxyl groups is 1. The Bertz CT molecular complexity index is 170. The summed E-state index contributed by atoms with van der Waals surface area (Å²) < 4.78 is 5.19. The number of allylic oxidation sites excluding steroid dienone is 1.